The second-order valence-corrected chi connectivity index (χ2v) is 24.8. The van der Waals surface area contributed by atoms with Crippen molar-refractivity contribution in [3.8, 4) is 89.0 Å². The van der Waals surface area contributed by atoms with Crippen molar-refractivity contribution in [2.45, 2.75) is 48.5 Å². The van der Waals surface area contributed by atoms with Gasteiger partial charge >= 0.3 is 0 Å². The lowest BCUT2D eigenvalue weighted by Crippen LogP contribution is -1.90. The topological polar surface area (TPSA) is 0 Å². The molecule has 456 valence electrons. The van der Waals surface area contributed by atoms with Gasteiger partial charge in [0.2, 0.25) is 0 Å². The monoisotopic (exact) mass is 1220 g/mol. The average Bonchev–Trinajstić information content (AvgIpc) is 0.736. The summed E-state index contributed by atoms with van der Waals surface area (Å²) in [6.45, 7) is 17.9. The molecule has 0 aromatic heterocycles. The van der Waals surface area contributed by atoms with Crippen molar-refractivity contribution in [2.75, 3.05) is 0 Å². The Morgan fingerprint density at radius 3 is 0.789 bits per heavy atom. The summed E-state index contributed by atoms with van der Waals surface area (Å²) in [7, 11) is 0. The Morgan fingerprint density at radius 2 is 0.484 bits per heavy atom. The Kier molecular flexibility index (Phi) is 17.1. The maximum absolute atomic E-state index is 3.74. The molecule has 0 bridgehead atoms. The fourth-order valence-corrected chi connectivity index (χ4v) is 14.1. The number of rotatable bonds is 10. The van der Waals surface area contributed by atoms with Gasteiger partial charge in [0.15, 0.2) is 0 Å². The van der Waals surface area contributed by atoms with E-state index in [-0.39, 0.29) is 0 Å². The molecule has 17 rings (SSSR count). The molecular weight excluding hydrogens is 1140 g/mol. The molecule has 0 unspecified atom stereocenters. The van der Waals surface area contributed by atoms with Crippen molar-refractivity contribution in [3.05, 3.63) is 339 Å². The van der Waals surface area contributed by atoms with E-state index in [1.807, 2.05) is 46.8 Å². The van der Waals surface area contributed by atoms with Crippen LogP contribution in [-0.2, 0) is 0 Å². The molecule has 0 atom stereocenters. The van der Waals surface area contributed by atoms with Crippen LogP contribution in [0.3, 0.4) is 0 Å². The van der Waals surface area contributed by atoms with Gasteiger partial charge in [-0.2, -0.15) is 0 Å². The van der Waals surface area contributed by atoms with Gasteiger partial charge in [-0.15, -0.1) is 0 Å². The highest BCUT2D eigenvalue weighted by atomic mass is 14.2. The summed E-state index contributed by atoms with van der Waals surface area (Å²) in [5.74, 6) is 0. The molecule has 0 fully saturated rings. The molecule has 0 radical (unpaired) electrons. The van der Waals surface area contributed by atoms with Crippen molar-refractivity contribution in [1.82, 2.24) is 0 Å². The number of hydrogen-bond donors (Lipinski definition) is 0. The van der Waals surface area contributed by atoms with Crippen LogP contribution < -0.4 is 0 Å². The molecule has 0 heterocycles. The molecule has 95 heavy (non-hydrogen) atoms. The Hall–Kier alpha value is -11.4. The molecule has 0 spiro atoms. The van der Waals surface area contributed by atoms with Crippen LogP contribution in [0.2, 0.25) is 0 Å². The van der Waals surface area contributed by atoms with E-state index in [1.54, 1.807) is 0 Å². The van der Waals surface area contributed by atoms with Crippen LogP contribution in [0.4, 0.5) is 0 Å². The number of allylic oxidation sites excluding steroid dienone is 5. The van der Waals surface area contributed by atoms with Crippen LogP contribution in [0.1, 0.15) is 48.5 Å². The van der Waals surface area contributed by atoms with Crippen LogP contribution in [0, 0.1) is 0 Å². The Labute approximate surface area is 559 Å². The zero-order chi connectivity index (χ0) is 65.1. The normalized spacial score (nSPS) is 11.3. The van der Waals surface area contributed by atoms with Gasteiger partial charge in [-0.1, -0.05) is 331 Å². The van der Waals surface area contributed by atoms with E-state index in [4.69, 9.17) is 0 Å². The van der Waals surface area contributed by atoms with E-state index in [9.17, 15) is 0 Å². The SMILES string of the molecule is C=C(C)/C=C\C=C(C)C.CC.CC.c1cc(-c2ccc(-c3cccc(-c4ccc5ccc6c(-c7cccc(-c8ccc9ccccc9c8)c7)ccc7ccc4c5c76)c3)cc2)cc(-c2ccc3ccc4c(-c5cccc(-c6ccc7ccccc7c6)c5)ccc5ccc2c3c54)c1. The van der Waals surface area contributed by atoms with Crippen molar-refractivity contribution in [3.63, 3.8) is 0 Å². The molecule has 0 aliphatic heterocycles. The summed E-state index contributed by atoms with van der Waals surface area (Å²) in [6, 6.07) is 113. The van der Waals surface area contributed by atoms with Gasteiger partial charge in [-0.25, -0.2) is 0 Å². The summed E-state index contributed by atoms with van der Waals surface area (Å²) in [4.78, 5) is 0. The van der Waals surface area contributed by atoms with Gasteiger partial charge in [-0.05, 0) is 232 Å². The van der Waals surface area contributed by atoms with Crippen LogP contribution in [0.5, 0.6) is 0 Å². The first kappa shape index (κ1) is 61.1. The molecule has 0 heteroatoms. The molecule has 0 nitrogen and oxygen atoms in total. The molecule has 0 aliphatic rings. The number of benzene rings is 17. The van der Waals surface area contributed by atoms with Gasteiger partial charge in [0.1, 0.15) is 0 Å². The second-order valence-electron chi connectivity index (χ2n) is 24.8. The van der Waals surface area contributed by atoms with Crippen molar-refractivity contribution < 1.29 is 0 Å². The molecule has 0 saturated carbocycles. The lowest BCUT2D eigenvalue weighted by Gasteiger charge is -2.17. The summed E-state index contributed by atoms with van der Waals surface area (Å²) >= 11 is 0. The summed E-state index contributed by atoms with van der Waals surface area (Å²) in [5, 5.41) is 20.5. The maximum Gasteiger partial charge on any atom is -0.00203 e. The van der Waals surface area contributed by atoms with Crippen molar-refractivity contribution in [1.29, 1.82) is 0 Å². The third kappa shape index (κ3) is 11.9. The molecule has 17 aromatic carbocycles. The largest absolute Gasteiger partial charge is 0.0961 e. The van der Waals surface area contributed by atoms with E-state index >= 15 is 0 Å². The van der Waals surface area contributed by atoms with Crippen LogP contribution in [0.15, 0.2) is 339 Å². The quantitative estimate of drug-likeness (QED) is 0.0946. The minimum Gasteiger partial charge on any atom is -0.0961 e. The first-order valence-corrected chi connectivity index (χ1v) is 33.6. The first-order valence-electron chi connectivity index (χ1n) is 33.6. The van der Waals surface area contributed by atoms with Crippen molar-refractivity contribution in [2.24, 2.45) is 0 Å². The van der Waals surface area contributed by atoms with E-state index in [0.717, 1.165) is 5.57 Å². The van der Waals surface area contributed by atoms with Crippen LogP contribution in [-0.4, -0.2) is 0 Å². The fraction of sp³-hybridized carbons (Fsp3) is 0.0737. The Bertz CT molecular complexity index is 5410. The molecule has 0 saturated heterocycles. The van der Waals surface area contributed by atoms with Crippen molar-refractivity contribution >= 4 is 86.2 Å². The summed E-state index contributed by atoms with van der Waals surface area (Å²) < 4.78 is 0. The highest BCUT2D eigenvalue weighted by molar-refractivity contribution is 6.29. The molecular formula is C95H76. The summed E-state index contributed by atoms with van der Waals surface area (Å²) in [5.41, 5.74) is 22.0. The van der Waals surface area contributed by atoms with Crippen LogP contribution >= 0.6 is 0 Å². The smallest absolute Gasteiger partial charge is 0.00203 e. The van der Waals surface area contributed by atoms with E-state index in [1.165, 1.54) is 181 Å². The van der Waals surface area contributed by atoms with Crippen LogP contribution in [0.25, 0.3) is 175 Å². The lowest BCUT2D eigenvalue weighted by atomic mass is 9.86. The van der Waals surface area contributed by atoms with Gasteiger partial charge < -0.3 is 0 Å². The second kappa shape index (κ2) is 26.6. The average molecular weight is 1220 g/mol. The highest BCUT2D eigenvalue weighted by Crippen LogP contribution is 2.46. The molecule has 17 aromatic rings. The number of fused-ring (bicyclic) bond motifs is 2. The zero-order valence-electron chi connectivity index (χ0n) is 55.3. The molecule has 0 aliphatic carbocycles. The number of hydrogen-bond acceptors (Lipinski definition) is 0. The van der Waals surface area contributed by atoms with Gasteiger partial charge in [0.05, 0.1) is 0 Å². The lowest BCUT2D eigenvalue weighted by molar-refractivity contribution is 1.39. The van der Waals surface area contributed by atoms with E-state index in [2.05, 4.69) is 330 Å². The van der Waals surface area contributed by atoms with E-state index < -0.39 is 0 Å². The predicted molar refractivity (Wildman–Crippen MR) is 418 cm³/mol. The van der Waals surface area contributed by atoms with E-state index in [0.29, 0.717) is 0 Å². The maximum atomic E-state index is 3.74. The Morgan fingerprint density at radius 1 is 0.232 bits per heavy atom. The minimum atomic E-state index is 1.09. The van der Waals surface area contributed by atoms with Gasteiger partial charge in [0, 0.05) is 0 Å². The summed E-state index contributed by atoms with van der Waals surface area (Å²) in [6.07, 6.45) is 6.07. The first-order chi connectivity index (χ1) is 46.7. The fourth-order valence-electron chi connectivity index (χ4n) is 14.1. The molecule has 0 N–H and O–H groups in total. The standard InChI is InChI=1S/C82H50.C9H14.2C2H6/c1-3-11-59-45-65(27-25-51(59)9-1)63-15-7-19-69(49-63)73-39-31-57-33-41-75-71(37-29-55-35-43-77(73)81(57)79(55)75)67-17-5-13-61(47-67)53-21-23-54(24-22-53)62-14-6-18-68(48-62)72-38-30-56-36-44-78-74(40-32-58-34-42-76(72)80(56)82(58)78)70-20-8-16-64(50-70)66-28-26-52-10-2-4-12-60(52)46-66;1-8(2)6-5-7-9(3)4;2*1-2/h1-50H;5-7H,1H2,2-4H3;2*1-2H3/b;6-5-;;. The highest BCUT2D eigenvalue weighted by Gasteiger charge is 2.19. The minimum absolute atomic E-state index is 1.09. The van der Waals surface area contributed by atoms with Gasteiger partial charge in [-0.3, -0.25) is 0 Å². The third-order valence-corrected chi connectivity index (χ3v) is 18.6. The third-order valence-electron chi connectivity index (χ3n) is 18.6. The zero-order valence-corrected chi connectivity index (χ0v) is 55.3. The Balaban J connectivity index is 0.000000551. The predicted octanol–water partition coefficient (Wildman–Crippen LogP) is 28.3. The molecule has 0 amide bonds. The van der Waals surface area contributed by atoms with Gasteiger partial charge in [0.25, 0.3) is 0 Å².